The molecule has 0 nitrogen and oxygen atoms in total. The topological polar surface area (TPSA) is 0 Å². The largest absolute Gasteiger partial charge is 0.0723 e. The molecule has 0 atom stereocenters. The highest BCUT2D eigenvalue weighted by atomic mass is 31.0. The van der Waals surface area contributed by atoms with Crippen LogP contribution in [0.15, 0.2) is 30.1 Å². The van der Waals surface area contributed by atoms with Crippen molar-refractivity contribution in [1.29, 1.82) is 0 Å². The summed E-state index contributed by atoms with van der Waals surface area (Å²) in [5.74, 6) is 2.28. The lowest BCUT2D eigenvalue weighted by molar-refractivity contribution is 1.56. The van der Waals surface area contributed by atoms with Gasteiger partial charge >= 0.3 is 0 Å². The van der Waals surface area contributed by atoms with Crippen LogP contribution in [0.25, 0.3) is 10.8 Å². The Morgan fingerprint density at radius 3 is 2.33 bits per heavy atom. The summed E-state index contributed by atoms with van der Waals surface area (Å²) in [5.41, 5.74) is 1.40. The summed E-state index contributed by atoms with van der Waals surface area (Å²) in [5, 5.41) is 4.27. The minimum absolute atomic E-state index is 1.35. The van der Waals surface area contributed by atoms with Crippen LogP contribution in [0.2, 0.25) is 0 Å². The molecule has 0 unspecified atom stereocenters. The third kappa shape index (κ3) is 1.13. The van der Waals surface area contributed by atoms with Gasteiger partial charge in [0, 0.05) is 0 Å². The number of benzene rings is 1. The Balaban J connectivity index is 2.95. The second kappa shape index (κ2) is 2.88. The van der Waals surface area contributed by atoms with Gasteiger partial charge < -0.3 is 0 Å². The molecule has 0 saturated heterocycles. The fraction of sp³-hybridized carbons (Fsp3) is 0.182. The Labute approximate surface area is 74.3 Å². The van der Waals surface area contributed by atoms with E-state index in [0.29, 0.717) is 0 Å². The van der Waals surface area contributed by atoms with Crippen molar-refractivity contribution < 1.29 is 0 Å². The molecule has 60 valence electrons. The molecule has 2 rings (SSSR count). The third-order valence-corrected chi connectivity index (χ3v) is 3.34. The standard InChI is InChI=1S/C11H11P/c1-8-7-12-9(2)11-6-4-3-5-10(8)11/h3-7H,1-2H3. The maximum atomic E-state index is 2.28. The van der Waals surface area contributed by atoms with Crippen molar-refractivity contribution in [2.45, 2.75) is 13.8 Å². The summed E-state index contributed by atoms with van der Waals surface area (Å²) < 4.78 is 0. The normalized spacial score (nSPS) is 11.2. The van der Waals surface area contributed by atoms with Crippen molar-refractivity contribution in [3.05, 3.63) is 40.9 Å². The van der Waals surface area contributed by atoms with Crippen LogP contribution in [0, 0.1) is 13.8 Å². The second-order valence-corrected chi connectivity index (χ2v) is 4.26. The Bertz CT molecular complexity index is 378. The maximum Gasteiger partial charge on any atom is -0.0106 e. The summed E-state index contributed by atoms with van der Waals surface area (Å²) in [7, 11) is 1.35. The molecule has 1 heterocycles. The molecule has 0 aliphatic heterocycles. The van der Waals surface area contributed by atoms with E-state index in [9.17, 15) is 0 Å². The zero-order chi connectivity index (χ0) is 8.55. The lowest BCUT2D eigenvalue weighted by atomic mass is 10.1. The molecule has 0 saturated carbocycles. The average molecular weight is 174 g/mol. The van der Waals surface area contributed by atoms with E-state index in [1.165, 1.54) is 29.8 Å². The first kappa shape index (κ1) is 7.76. The van der Waals surface area contributed by atoms with Crippen molar-refractivity contribution in [2.75, 3.05) is 0 Å². The number of rotatable bonds is 0. The van der Waals surface area contributed by atoms with E-state index in [1.807, 2.05) is 0 Å². The Morgan fingerprint density at radius 1 is 1.00 bits per heavy atom. The maximum absolute atomic E-state index is 2.28. The van der Waals surface area contributed by atoms with Crippen LogP contribution in [-0.4, -0.2) is 0 Å². The van der Waals surface area contributed by atoms with Crippen LogP contribution in [0.5, 0.6) is 0 Å². The third-order valence-electron chi connectivity index (χ3n) is 2.19. The Hall–Kier alpha value is -0.870. The van der Waals surface area contributed by atoms with Gasteiger partial charge in [-0.25, -0.2) is 0 Å². The predicted molar refractivity (Wildman–Crippen MR) is 55.9 cm³/mol. The molecule has 0 aliphatic rings. The minimum Gasteiger partial charge on any atom is -0.0723 e. The smallest absolute Gasteiger partial charge is 0.0106 e. The highest BCUT2D eigenvalue weighted by Gasteiger charge is 1.97. The van der Waals surface area contributed by atoms with Crippen LogP contribution in [0.4, 0.5) is 0 Å². The molecular formula is C11H11P. The summed E-state index contributed by atoms with van der Waals surface area (Å²) in [4.78, 5) is 0. The van der Waals surface area contributed by atoms with Gasteiger partial charge in [0.05, 0.1) is 0 Å². The van der Waals surface area contributed by atoms with E-state index >= 15 is 0 Å². The van der Waals surface area contributed by atoms with Gasteiger partial charge in [0.2, 0.25) is 0 Å². The van der Waals surface area contributed by atoms with Crippen molar-refractivity contribution in [3.63, 3.8) is 0 Å². The first-order chi connectivity index (χ1) is 5.79. The van der Waals surface area contributed by atoms with Gasteiger partial charge in [0.1, 0.15) is 0 Å². The monoisotopic (exact) mass is 174 g/mol. The quantitative estimate of drug-likeness (QED) is 0.565. The van der Waals surface area contributed by atoms with Gasteiger partial charge in [-0.2, -0.15) is 0 Å². The van der Waals surface area contributed by atoms with E-state index in [0.717, 1.165) is 0 Å². The van der Waals surface area contributed by atoms with Crippen LogP contribution >= 0.6 is 8.19 Å². The number of hydrogen-bond donors (Lipinski definition) is 0. The molecule has 0 radical (unpaired) electrons. The van der Waals surface area contributed by atoms with Crippen molar-refractivity contribution in [1.82, 2.24) is 0 Å². The molecule has 2 aromatic rings. The summed E-state index contributed by atoms with van der Waals surface area (Å²) in [6.07, 6.45) is 0. The Morgan fingerprint density at radius 2 is 1.67 bits per heavy atom. The van der Waals surface area contributed by atoms with E-state index in [-0.39, 0.29) is 0 Å². The van der Waals surface area contributed by atoms with Crippen molar-refractivity contribution in [3.8, 4) is 0 Å². The first-order valence-electron chi connectivity index (χ1n) is 4.10. The van der Waals surface area contributed by atoms with Crippen molar-refractivity contribution in [2.24, 2.45) is 0 Å². The van der Waals surface area contributed by atoms with Gasteiger partial charge in [0.15, 0.2) is 0 Å². The lowest BCUT2D eigenvalue weighted by Gasteiger charge is -2.03. The van der Waals surface area contributed by atoms with E-state index in [2.05, 4.69) is 43.9 Å². The number of aryl methyl sites for hydroxylation is 2. The van der Waals surface area contributed by atoms with E-state index in [1.54, 1.807) is 0 Å². The van der Waals surface area contributed by atoms with Crippen LogP contribution in [0.3, 0.4) is 0 Å². The highest BCUT2D eigenvalue weighted by Crippen LogP contribution is 2.27. The van der Waals surface area contributed by atoms with E-state index < -0.39 is 0 Å². The summed E-state index contributed by atoms with van der Waals surface area (Å²) in [6, 6.07) is 8.61. The van der Waals surface area contributed by atoms with E-state index in [4.69, 9.17) is 0 Å². The number of hydrogen-bond acceptors (Lipinski definition) is 0. The van der Waals surface area contributed by atoms with Crippen LogP contribution in [0.1, 0.15) is 10.9 Å². The molecule has 0 N–H and O–H groups in total. The molecule has 0 spiro atoms. The minimum atomic E-state index is 1.35. The molecular weight excluding hydrogens is 163 g/mol. The summed E-state index contributed by atoms with van der Waals surface area (Å²) in [6.45, 7) is 4.38. The number of fused-ring (bicyclic) bond motifs is 1. The molecule has 0 amide bonds. The van der Waals surface area contributed by atoms with Crippen molar-refractivity contribution >= 4 is 19.0 Å². The second-order valence-electron chi connectivity index (χ2n) is 3.07. The van der Waals surface area contributed by atoms with Gasteiger partial charge in [-0.15, -0.1) is 0 Å². The SMILES string of the molecule is Cc1cpc(C)c2ccccc12. The highest BCUT2D eigenvalue weighted by molar-refractivity contribution is 7.30. The average Bonchev–Trinajstić information content (AvgIpc) is 2.12. The van der Waals surface area contributed by atoms with Gasteiger partial charge in [-0.3, -0.25) is 0 Å². The molecule has 1 aromatic heterocycles. The predicted octanol–water partition coefficient (Wildman–Crippen LogP) is 4.04. The lowest BCUT2D eigenvalue weighted by Crippen LogP contribution is -1.77. The fourth-order valence-electron chi connectivity index (χ4n) is 1.48. The molecule has 12 heavy (non-hydrogen) atoms. The molecule has 0 bridgehead atoms. The van der Waals surface area contributed by atoms with Gasteiger partial charge in [-0.05, 0) is 41.3 Å². The summed E-state index contributed by atoms with van der Waals surface area (Å²) >= 11 is 0. The fourth-order valence-corrected chi connectivity index (χ4v) is 2.34. The molecule has 0 aliphatic carbocycles. The molecule has 1 heteroatoms. The van der Waals surface area contributed by atoms with Gasteiger partial charge in [-0.1, -0.05) is 32.5 Å². The zero-order valence-corrected chi connectivity index (χ0v) is 8.23. The zero-order valence-electron chi connectivity index (χ0n) is 7.33. The molecule has 0 fully saturated rings. The first-order valence-corrected chi connectivity index (χ1v) is 5.06. The van der Waals surface area contributed by atoms with Crippen LogP contribution < -0.4 is 0 Å². The Kier molecular flexibility index (Phi) is 1.86. The van der Waals surface area contributed by atoms with Crippen LogP contribution in [-0.2, 0) is 0 Å². The van der Waals surface area contributed by atoms with Gasteiger partial charge in [0.25, 0.3) is 0 Å². The molecule has 1 aromatic carbocycles.